The molecule has 22 heavy (non-hydrogen) atoms. The third-order valence-corrected chi connectivity index (χ3v) is 3.44. The van der Waals surface area contributed by atoms with Crippen molar-refractivity contribution in [2.24, 2.45) is 0 Å². The standard InChI is InChI=1S/C14H14N2O6/c1-8(18)11-12(15(6-7-17)14(20)13(11)19)9-2-4-10(5-3-9)16(21)22/h2-5,12,17,19H,6-7H2,1H3/t12-/m0/s1. The molecule has 0 aromatic heterocycles. The third kappa shape index (κ3) is 2.56. The molecule has 1 aliphatic rings. The van der Waals surface area contributed by atoms with Gasteiger partial charge < -0.3 is 15.1 Å². The highest BCUT2D eigenvalue weighted by Crippen LogP contribution is 2.37. The second-order valence-corrected chi connectivity index (χ2v) is 4.79. The number of Topliss-reactive ketones (excluding diaryl/α,β-unsaturated/α-hetero) is 1. The molecule has 0 radical (unpaired) electrons. The number of nitro benzene ring substituents is 1. The number of nitro groups is 1. The van der Waals surface area contributed by atoms with Crippen molar-refractivity contribution >= 4 is 17.4 Å². The molecular weight excluding hydrogens is 292 g/mol. The van der Waals surface area contributed by atoms with Crippen LogP contribution >= 0.6 is 0 Å². The summed E-state index contributed by atoms with van der Waals surface area (Å²) in [5, 5.41) is 29.6. The maximum absolute atomic E-state index is 12.0. The Bertz CT molecular complexity index is 664. The van der Waals surface area contributed by atoms with Crippen molar-refractivity contribution in [3.8, 4) is 0 Å². The number of amides is 1. The number of nitrogens with zero attached hydrogens (tertiary/aromatic N) is 2. The van der Waals surface area contributed by atoms with E-state index in [1.807, 2.05) is 0 Å². The largest absolute Gasteiger partial charge is 0.503 e. The van der Waals surface area contributed by atoms with Gasteiger partial charge in [-0.15, -0.1) is 0 Å². The molecule has 0 unspecified atom stereocenters. The van der Waals surface area contributed by atoms with E-state index < -0.39 is 28.4 Å². The van der Waals surface area contributed by atoms with Crippen LogP contribution in [0.5, 0.6) is 0 Å². The molecule has 1 aliphatic heterocycles. The molecule has 0 spiro atoms. The maximum atomic E-state index is 12.0. The Hall–Kier alpha value is -2.74. The average molecular weight is 306 g/mol. The second-order valence-electron chi connectivity index (χ2n) is 4.79. The molecule has 1 atom stereocenters. The number of carbonyl (C=O) groups is 2. The van der Waals surface area contributed by atoms with Crippen LogP contribution in [0, 0.1) is 10.1 Å². The van der Waals surface area contributed by atoms with Gasteiger partial charge in [-0.25, -0.2) is 0 Å². The molecule has 1 heterocycles. The third-order valence-electron chi connectivity index (χ3n) is 3.44. The normalized spacial score (nSPS) is 18.0. The molecule has 0 fully saturated rings. The van der Waals surface area contributed by atoms with E-state index in [9.17, 15) is 24.8 Å². The predicted octanol–water partition coefficient (Wildman–Crippen LogP) is 0.871. The number of benzene rings is 1. The number of hydrogen-bond acceptors (Lipinski definition) is 6. The van der Waals surface area contributed by atoms with E-state index in [0.29, 0.717) is 5.56 Å². The minimum atomic E-state index is -0.863. The van der Waals surface area contributed by atoms with Crippen LogP contribution in [0.15, 0.2) is 35.6 Å². The van der Waals surface area contributed by atoms with Gasteiger partial charge in [0.15, 0.2) is 11.5 Å². The van der Waals surface area contributed by atoms with E-state index in [0.717, 1.165) is 4.90 Å². The summed E-state index contributed by atoms with van der Waals surface area (Å²) in [5.41, 5.74) is 0.244. The van der Waals surface area contributed by atoms with Crippen molar-refractivity contribution in [3.05, 3.63) is 51.3 Å². The monoisotopic (exact) mass is 306 g/mol. The molecular formula is C14H14N2O6. The van der Waals surface area contributed by atoms with Gasteiger partial charge in [-0.3, -0.25) is 19.7 Å². The zero-order valence-corrected chi connectivity index (χ0v) is 11.7. The SMILES string of the molecule is CC(=O)C1=C(O)C(=O)N(CCO)[C@H]1c1ccc([N+](=O)[O-])cc1. The van der Waals surface area contributed by atoms with Gasteiger partial charge in [-0.1, -0.05) is 0 Å². The lowest BCUT2D eigenvalue weighted by Crippen LogP contribution is -2.33. The molecule has 116 valence electrons. The van der Waals surface area contributed by atoms with Crippen molar-refractivity contribution in [2.75, 3.05) is 13.2 Å². The first kappa shape index (κ1) is 15.6. The van der Waals surface area contributed by atoms with Crippen LogP contribution in [0.25, 0.3) is 0 Å². The van der Waals surface area contributed by atoms with Crippen LogP contribution in [-0.2, 0) is 9.59 Å². The minimum absolute atomic E-state index is 0.0681. The van der Waals surface area contributed by atoms with E-state index >= 15 is 0 Å². The Morgan fingerprint density at radius 3 is 2.41 bits per heavy atom. The molecule has 0 saturated heterocycles. The highest BCUT2D eigenvalue weighted by molar-refractivity contribution is 6.08. The zero-order valence-electron chi connectivity index (χ0n) is 11.7. The van der Waals surface area contributed by atoms with E-state index in [4.69, 9.17) is 5.11 Å². The van der Waals surface area contributed by atoms with Gasteiger partial charge in [-0.2, -0.15) is 0 Å². The molecule has 2 rings (SSSR count). The van der Waals surface area contributed by atoms with Crippen molar-refractivity contribution in [1.82, 2.24) is 4.90 Å². The van der Waals surface area contributed by atoms with Crippen molar-refractivity contribution < 1.29 is 24.7 Å². The van der Waals surface area contributed by atoms with Crippen molar-refractivity contribution in [3.63, 3.8) is 0 Å². The van der Waals surface area contributed by atoms with Crippen LogP contribution in [0.1, 0.15) is 18.5 Å². The van der Waals surface area contributed by atoms with E-state index in [2.05, 4.69) is 0 Å². The Morgan fingerprint density at radius 1 is 1.36 bits per heavy atom. The molecule has 0 bridgehead atoms. The molecule has 8 nitrogen and oxygen atoms in total. The Kier molecular flexibility index (Phi) is 4.22. The number of carbonyl (C=O) groups excluding carboxylic acids is 2. The van der Waals surface area contributed by atoms with Gasteiger partial charge >= 0.3 is 0 Å². The maximum Gasteiger partial charge on any atom is 0.290 e. The minimum Gasteiger partial charge on any atom is -0.503 e. The van der Waals surface area contributed by atoms with Crippen LogP contribution < -0.4 is 0 Å². The summed E-state index contributed by atoms with van der Waals surface area (Å²) >= 11 is 0. The van der Waals surface area contributed by atoms with Crippen LogP contribution in [0.4, 0.5) is 5.69 Å². The number of hydrogen-bond donors (Lipinski definition) is 2. The van der Waals surface area contributed by atoms with Crippen LogP contribution in [-0.4, -0.2) is 44.9 Å². The zero-order chi connectivity index (χ0) is 16.4. The summed E-state index contributed by atoms with van der Waals surface area (Å²) in [6.45, 7) is 0.814. The number of aliphatic hydroxyl groups excluding tert-OH is 2. The fourth-order valence-electron chi connectivity index (χ4n) is 2.48. The Balaban J connectivity index is 2.49. The average Bonchev–Trinajstić information content (AvgIpc) is 2.72. The van der Waals surface area contributed by atoms with E-state index in [-0.39, 0.29) is 24.4 Å². The Labute approximate surface area is 125 Å². The predicted molar refractivity (Wildman–Crippen MR) is 75.0 cm³/mol. The molecule has 2 N–H and O–H groups in total. The molecule has 0 saturated carbocycles. The summed E-state index contributed by atoms with van der Waals surface area (Å²) in [4.78, 5) is 35.0. The lowest BCUT2D eigenvalue weighted by atomic mass is 9.96. The lowest BCUT2D eigenvalue weighted by Gasteiger charge is -2.25. The van der Waals surface area contributed by atoms with Gasteiger partial charge in [0.2, 0.25) is 0 Å². The van der Waals surface area contributed by atoms with Gasteiger partial charge in [0.1, 0.15) is 0 Å². The summed E-state index contributed by atoms with van der Waals surface area (Å²) in [6.07, 6.45) is 0. The molecule has 1 amide bonds. The first-order chi connectivity index (χ1) is 10.4. The van der Waals surface area contributed by atoms with Gasteiger partial charge in [0, 0.05) is 18.7 Å². The van der Waals surface area contributed by atoms with Crippen molar-refractivity contribution in [1.29, 1.82) is 0 Å². The van der Waals surface area contributed by atoms with Crippen LogP contribution in [0.2, 0.25) is 0 Å². The van der Waals surface area contributed by atoms with Crippen LogP contribution in [0.3, 0.4) is 0 Å². The number of β-amino-alcohol motifs (C(OH)–C–C–N with tert-alkyl or cyclic N) is 1. The van der Waals surface area contributed by atoms with Crippen molar-refractivity contribution in [2.45, 2.75) is 13.0 Å². The first-order valence-corrected chi connectivity index (χ1v) is 6.48. The molecule has 1 aromatic rings. The first-order valence-electron chi connectivity index (χ1n) is 6.48. The van der Waals surface area contributed by atoms with E-state index in [1.165, 1.54) is 31.2 Å². The number of rotatable bonds is 5. The highest BCUT2D eigenvalue weighted by Gasteiger charge is 2.42. The van der Waals surface area contributed by atoms with Gasteiger partial charge in [-0.05, 0) is 24.6 Å². The fourth-order valence-corrected chi connectivity index (χ4v) is 2.48. The molecule has 0 aliphatic carbocycles. The van der Waals surface area contributed by atoms with Gasteiger partial charge in [0.05, 0.1) is 23.1 Å². The molecule has 8 heteroatoms. The summed E-state index contributed by atoms with van der Waals surface area (Å²) < 4.78 is 0. The fraction of sp³-hybridized carbons (Fsp3) is 0.286. The van der Waals surface area contributed by atoms with E-state index in [1.54, 1.807) is 0 Å². The molecule has 1 aromatic carbocycles. The topological polar surface area (TPSA) is 121 Å². The summed E-state index contributed by atoms with van der Waals surface area (Å²) in [7, 11) is 0. The summed E-state index contributed by atoms with van der Waals surface area (Å²) in [6, 6.07) is 4.48. The number of aliphatic hydroxyl groups is 2. The second kappa shape index (κ2) is 5.94. The summed E-state index contributed by atoms with van der Waals surface area (Å²) in [5.74, 6) is -1.87. The quantitative estimate of drug-likeness (QED) is 0.615. The highest BCUT2D eigenvalue weighted by atomic mass is 16.6. The lowest BCUT2D eigenvalue weighted by molar-refractivity contribution is -0.384. The Morgan fingerprint density at radius 2 is 1.95 bits per heavy atom. The number of ketones is 1. The van der Waals surface area contributed by atoms with Gasteiger partial charge in [0.25, 0.3) is 11.6 Å². The smallest absolute Gasteiger partial charge is 0.290 e. The number of non-ortho nitro benzene ring substituents is 1.